The van der Waals surface area contributed by atoms with Crippen LogP contribution in [0.3, 0.4) is 0 Å². The molecule has 12 rings (SSSR count). The fourth-order valence-electron chi connectivity index (χ4n) is 9.25. The lowest BCUT2D eigenvalue weighted by Crippen LogP contribution is -2.11. The summed E-state index contributed by atoms with van der Waals surface area (Å²) < 4.78 is 13.4. The van der Waals surface area contributed by atoms with Crippen molar-refractivity contribution in [2.24, 2.45) is 0 Å². The average Bonchev–Trinajstić information content (AvgIpc) is 3.92. The summed E-state index contributed by atoms with van der Waals surface area (Å²) in [7, 11) is 0. The minimum atomic E-state index is 0.836. The van der Waals surface area contributed by atoms with E-state index < -0.39 is 0 Å². The quantitative estimate of drug-likeness (QED) is 0.161. The van der Waals surface area contributed by atoms with Crippen LogP contribution in [0.5, 0.6) is 0 Å². The van der Waals surface area contributed by atoms with Gasteiger partial charge < -0.3 is 13.7 Å². The highest BCUT2D eigenvalue weighted by Crippen LogP contribution is 2.49. The molecule has 3 nitrogen and oxygen atoms in total. The summed E-state index contributed by atoms with van der Waals surface area (Å²) in [4.78, 5) is 2.40. The first-order valence-corrected chi connectivity index (χ1v) is 20.7. The average molecular weight is 780 g/mol. The summed E-state index contributed by atoms with van der Waals surface area (Å²) in [6, 6.07) is 79.8. The number of furan rings is 2. The number of anilines is 3. The van der Waals surface area contributed by atoms with Gasteiger partial charge in [-0.1, -0.05) is 176 Å². The van der Waals surface area contributed by atoms with Gasteiger partial charge in [-0.15, -0.1) is 0 Å². The third-order valence-electron chi connectivity index (χ3n) is 12.1. The van der Waals surface area contributed by atoms with Crippen LogP contribution in [0.25, 0.3) is 99.2 Å². The maximum absolute atomic E-state index is 6.93. The van der Waals surface area contributed by atoms with Crippen molar-refractivity contribution in [2.45, 2.75) is 0 Å². The van der Waals surface area contributed by atoms with Crippen molar-refractivity contribution < 1.29 is 8.83 Å². The number of hydrogen-bond acceptors (Lipinski definition) is 3. The van der Waals surface area contributed by atoms with E-state index >= 15 is 0 Å². The largest absolute Gasteiger partial charge is 0.455 e. The van der Waals surface area contributed by atoms with E-state index in [1.807, 2.05) is 12.1 Å². The molecule has 0 spiro atoms. The molecular formula is C58H37NO2. The van der Waals surface area contributed by atoms with Gasteiger partial charge in [0.25, 0.3) is 0 Å². The first kappa shape index (κ1) is 34.9. The summed E-state index contributed by atoms with van der Waals surface area (Å²) in [6.07, 6.45) is 0. The van der Waals surface area contributed by atoms with Crippen molar-refractivity contribution in [1.82, 2.24) is 0 Å². The van der Waals surface area contributed by atoms with Gasteiger partial charge in [-0.25, -0.2) is 0 Å². The molecule has 12 aromatic rings. The van der Waals surface area contributed by atoms with Crippen LogP contribution < -0.4 is 4.90 Å². The lowest BCUT2D eigenvalue weighted by atomic mass is 9.93. The SMILES string of the molecule is c1ccc(-c2cccc(-c3cc4c(oc5cccc(N(c6ccc(-c7cccc8c7oc7ccccc78)cc6)c6ccccc6-c6ccccc6)c54)c4ccccc34)c2)cc1. The van der Waals surface area contributed by atoms with E-state index in [1.165, 1.54) is 16.7 Å². The van der Waals surface area contributed by atoms with Gasteiger partial charge in [0.05, 0.1) is 16.8 Å². The number of para-hydroxylation sites is 3. The van der Waals surface area contributed by atoms with Crippen LogP contribution in [0.4, 0.5) is 17.1 Å². The Morgan fingerprint density at radius 2 is 0.820 bits per heavy atom. The van der Waals surface area contributed by atoms with Crippen LogP contribution in [-0.2, 0) is 0 Å². The Morgan fingerprint density at radius 1 is 0.279 bits per heavy atom. The molecule has 2 heterocycles. The van der Waals surface area contributed by atoms with Gasteiger partial charge in [0.1, 0.15) is 22.3 Å². The molecule has 0 saturated carbocycles. The van der Waals surface area contributed by atoms with Crippen LogP contribution in [0, 0.1) is 0 Å². The highest BCUT2D eigenvalue weighted by Gasteiger charge is 2.24. The monoisotopic (exact) mass is 779 g/mol. The van der Waals surface area contributed by atoms with Gasteiger partial charge in [0.15, 0.2) is 0 Å². The molecule has 0 fully saturated rings. The molecule has 0 aliphatic heterocycles. The highest BCUT2D eigenvalue weighted by molar-refractivity contribution is 6.23. The second kappa shape index (κ2) is 14.3. The zero-order valence-corrected chi connectivity index (χ0v) is 33.1. The molecule has 0 amide bonds. The van der Waals surface area contributed by atoms with Gasteiger partial charge in [-0.05, 0) is 87.3 Å². The summed E-state index contributed by atoms with van der Waals surface area (Å²) >= 11 is 0. The summed E-state index contributed by atoms with van der Waals surface area (Å²) in [5, 5.41) is 6.61. The number of fused-ring (bicyclic) bond motifs is 8. The molecule has 0 atom stereocenters. The molecule has 286 valence electrons. The topological polar surface area (TPSA) is 29.5 Å². The maximum atomic E-state index is 6.93. The molecule has 0 radical (unpaired) electrons. The Labute approximate surface area is 353 Å². The Morgan fingerprint density at radius 3 is 1.66 bits per heavy atom. The van der Waals surface area contributed by atoms with Gasteiger partial charge in [-0.2, -0.15) is 0 Å². The standard InChI is InChI=1S/C58H37NO2/c1-3-16-38(17-4-1)41-20-13-21-42(36-41)50-37-51-56-53(29-15-31-55(56)61-58(51)48-25-8-7-23-46(48)50)59(52-28-11-9-22-44(52)39-18-5-2-6-19-39)43-34-32-40(33-35-43)45-26-14-27-49-47-24-10-12-30-54(47)60-57(45)49/h1-37H. The third kappa shape index (κ3) is 5.82. The van der Waals surface area contributed by atoms with E-state index in [0.29, 0.717) is 0 Å². The maximum Gasteiger partial charge on any atom is 0.143 e. The van der Waals surface area contributed by atoms with Gasteiger partial charge in [-0.3, -0.25) is 0 Å². The second-order valence-electron chi connectivity index (χ2n) is 15.6. The van der Waals surface area contributed by atoms with Crippen molar-refractivity contribution in [3.63, 3.8) is 0 Å². The molecule has 0 unspecified atom stereocenters. The lowest BCUT2D eigenvalue weighted by Gasteiger charge is -2.28. The van der Waals surface area contributed by atoms with Gasteiger partial charge >= 0.3 is 0 Å². The summed E-state index contributed by atoms with van der Waals surface area (Å²) in [5.74, 6) is 0. The van der Waals surface area contributed by atoms with Crippen molar-refractivity contribution in [2.75, 3.05) is 4.90 Å². The fourth-order valence-corrected chi connectivity index (χ4v) is 9.25. The van der Waals surface area contributed by atoms with Crippen LogP contribution >= 0.6 is 0 Å². The molecule has 0 aliphatic carbocycles. The molecule has 3 heteroatoms. The summed E-state index contributed by atoms with van der Waals surface area (Å²) in [5.41, 5.74) is 15.8. The predicted octanol–water partition coefficient (Wildman–Crippen LogP) is 16.8. The van der Waals surface area contributed by atoms with E-state index in [1.54, 1.807) is 0 Å². The van der Waals surface area contributed by atoms with Crippen LogP contribution in [0.1, 0.15) is 0 Å². The van der Waals surface area contributed by atoms with E-state index in [4.69, 9.17) is 8.83 Å². The summed E-state index contributed by atoms with van der Waals surface area (Å²) in [6.45, 7) is 0. The zero-order valence-electron chi connectivity index (χ0n) is 33.1. The first-order valence-electron chi connectivity index (χ1n) is 20.7. The van der Waals surface area contributed by atoms with Crippen molar-refractivity contribution in [3.8, 4) is 44.5 Å². The Balaban J connectivity index is 1.09. The minimum absolute atomic E-state index is 0.836. The molecule has 2 aromatic heterocycles. The number of hydrogen-bond donors (Lipinski definition) is 0. The smallest absolute Gasteiger partial charge is 0.143 e. The number of nitrogens with zero attached hydrogens (tertiary/aromatic N) is 1. The van der Waals surface area contributed by atoms with Gasteiger partial charge in [0.2, 0.25) is 0 Å². The Bertz CT molecular complexity index is 3580. The molecule has 10 aromatic carbocycles. The van der Waals surface area contributed by atoms with Crippen LogP contribution in [0.2, 0.25) is 0 Å². The minimum Gasteiger partial charge on any atom is -0.455 e. The van der Waals surface area contributed by atoms with Crippen molar-refractivity contribution >= 4 is 71.7 Å². The fraction of sp³-hybridized carbons (Fsp3) is 0. The molecule has 61 heavy (non-hydrogen) atoms. The molecule has 0 N–H and O–H groups in total. The Kier molecular flexibility index (Phi) is 8.17. The normalized spacial score (nSPS) is 11.6. The highest BCUT2D eigenvalue weighted by atomic mass is 16.3. The zero-order chi connectivity index (χ0) is 40.3. The van der Waals surface area contributed by atoms with Gasteiger partial charge in [0, 0.05) is 38.4 Å². The molecule has 0 bridgehead atoms. The van der Waals surface area contributed by atoms with Crippen LogP contribution in [-0.4, -0.2) is 0 Å². The van der Waals surface area contributed by atoms with Crippen LogP contribution in [0.15, 0.2) is 233 Å². The van der Waals surface area contributed by atoms with Crippen molar-refractivity contribution in [1.29, 1.82) is 0 Å². The molecule has 0 saturated heterocycles. The third-order valence-corrected chi connectivity index (χ3v) is 12.1. The van der Waals surface area contributed by atoms with E-state index in [9.17, 15) is 0 Å². The predicted molar refractivity (Wildman–Crippen MR) is 255 cm³/mol. The lowest BCUT2D eigenvalue weighted by molar-refractivity contribution is 0.670. The molecular weight excluding hydrogens is 743 g/mol. The van der Waals surface area contributed by atoms with E-state index in [2.05, 4.69) is 217 Å². The van der Waals surface area contributed by atoms with E-state index in [0.717, 1.165) is 99.5 Å². The second-order valence-corrected chi connectivity index (χ2v) is 15.6. The Hall–Kier alpha value is -8.14. The number of rotatable bonds is 7. The first-order chi connectivity index (χ1) is 30.3. The van der Waals surface area contributed by atoms with E-state index in [-0.39, 0.29) is 0 Å². The molecule has 0 aliphatic rings. The van der Waals surface area contributed by atoms with Crippen molar-refractivity contribution in [3.05, 3.63) is 224 Å². The number of benzene rings is 10.